The minimum Gasteiger partial charge on any atom is -0.480 e. The predicted octanol–water partition coefficient (Wildman–Crippen LogP) is 3.09. The molecule has 0 aliphatic heterocycles. The van der Waals surface area contributed by atoms with E-state index in [-0.39, 0.29) is 17.1 Å². The molecule has 0 aliphatic carbocycles. The van der Waals surface area contributed by atoms with E-state index in [0.29, 0.717) is 6.42 Å². The van der Waals surface area contributed by atoms with Gasteiger partial charge in [-0.15, -0.1) is 11.8 Å². The van der Waals surface area contributed by atoms with Crippen LogP contribution < -0.4 is 5.32 Å². The molecule has 0 aromatic heterocycles. The molecule has 0 heterocycles. The summed E-state index contributed by atoms with van der Waals surface area (Å²) in [6.45, 7) is 7.53. The fourth-order valence-electron chi connectivity index (χ4n) is 1.89. The van der Waals surface area contributed by atoms with E-state index >= 15 is 0 Å². The van der Waals surface area contributed by atoms with Crippen molar-refractivity contribution in [2.75, 3.05) is 0 Å². The lowest BCUT2D eigenvalue weighted by Gasteiger charge is -2.22. The Hall–Kier alpha value is -1.49. The zero-order valence-electron chi connectivity index (χ0n) is 12.9. The van der Waals surface area contributed by atoms with Crippen LogP contribution in [-0.4, -0.2) is 28.3 Å². The zero-order valence-corrected chi connectivity index (χ0v) is 13.7. The third-order valence-electron chi connectivity index (χ3n) is 3.54. The van der Waals surface area contributed by atoms with Crippen molar-refractivity contribution in [3.63, 3.8) is 0 Å². The minimum absolute atomic E-state index is 0.0953. The number of hydrogen-bond acceptors (Lipinski definition) is 3. The van der Waals surface area contributed by atoms with Gasteiger partial charge in [0.2, 0.25) is 5.91 Å². The molecular formula is C16H23NO3S. The van der Waals surface area contributed by atoms with Crippen LogP contribution in [-0.2, 0) is 9.59 Å². The molecule has 3 unspecified atom stereocenters. The van der Waals surface area contributed by atoms with Crippen molar-refractivity contribution >= 4 is 23.6 Å². The van der Waals surface area contributed by atoms with Crippen LogP contribution in [0.3, 0.4) is 0 Å². The van der Waals surface area contributed by atoms with E-state index in [9.17, 15) is 14.7 Å². The first-order valence-electron chi connectivity index (χ1n) is 7.12. The van der Waals surface area contributed by atoms with Crippen LogP contribution in [0.4, 0.5) is 0 Å². The summed E-state index contributed by atoms with van der Waals surface area (Å²) in [4.78, 5) is 24.5. The summed E-state index contributed by atoms with van der Waals surface area (Å²) in [5, 5.41) is 11.5. The van der Waals surface area contributed by atoms with Crippen LogP contribution in [0.15, 0.2) is 29.2 Å². The molecule has 0 spiro atoms. The SMILES string of the molecule is CCC(C)C(NC(=O)C(C)Sc1ccccc1C)C(=O)O. The molecule has 1 amide bonds. The summed E-state index contributed by atoms with van der Waals surface area (Å²) >= 11 is 1.45. The van der Waals surface area contributed by atoms with E-state index in [2.05, 4.69) is 5.32 Å². The monoisotopic (exact) mass is 309 g/mol. The summed E-state index contributed by atoms with van der Waals surface area (Å²) in [6.07, 6.45) is 0.705. The number of carbonyl (C=O) groups excluding carboxylic acids is 1. The quantitative estimate of drug-likeness (QED) is 0.760. The number of hydrogen-bond donors (Lipinski definition) is 2. The van der Waals surface area contributed by atoms with Crippen LogP contribution in [0.2, 0.25) is 0 Å². The molecule has 0 radical (unpaired) electrons. The Morgan fingerprint density at radius 2 is 1.90 bits per heavy atom. The molecule has 1 aromatic rings. The van der Waals surface area contributed by atoms with Crippen molar-refractivity contribution in [1.82, 2.24) is 5.32 Å². The highest BCUT2D eigenvalue weighted by Crippen LogP contribution is 2.26. The molecule has 1 rings (SSSR count). The smallest absolute Gasteiger partial charge is 0.326 e. The molecule has 3 atom stereocenters. The van der Waals surface area contributed by atoms with Crippen LogP contribution >= 0.6 is 11.8 Å². The van der Waals surface area contributed by atoms with Crippen molar-refractivity contribution < 1.29 is 14.7 Å². The lowest BCUT2D eigenvalue weighted by molar-refractivity contribution is -0.143. The topological polar surface area (TPSA) is 66.4 Å². The number of carboxylic acid groups (broad SMARTS) is 1. The number of aryl methyl sites for hydroxylation is 1. The Morgan fingerprint density at radius 1 is 1.29 bits per heavy atom. The molecule has 2 N–H and O–H groups in total. The lowest BCUT2D eigenvalue weighted by atomic mass is 9.99. The maximum absolute atomic E-state index is 12.2. The maximum Gasteiger partial charge on any atom is 0.326 e. The average molecular weight is 309 g/mol. The van der Waals surface area contributed by atoms with Gasteiger partial charge in [0, 0.05) is 4.90 Å². The molecule has 0 fully saturated rings. The number of amides is 1. The van der Waals surface area contributed by atoms with Gasteiger partial charge < -0.3 is 10.4 Å². The Balaban J connectivity index is 2.70. The van der Waals surface area contributed by atoms with Crippen LogP contribution in [0, 0.1) is 12.8 Å². The van der Waals surface area contributed by atoms with Crippen molar-refractivity contribution in [3.8, 4) is 0 Å². The third-order valence-corrected chi connectivity index (χ3v) is 4.82. The number of rotatable bonds is 7. The van der Waals surface area contributed by atoms with E-state index in [0.717, 1.165) is 10.5 Å². The highest BCUT2D eigenvalue weighted by atomic mass is 32.2. The molecule has 0 saturated carbocycles. The van der Waals surface area contributed by atoms with Crippen LogP contribution in [0.1, 0.15) is 32.8 Å². The van der Waals surface area contributed by atoms with Crippen molar-refractivity contribution in [2.24, 2.45) is 5.92 Å². The normalized spacial score (nSPS) is 15.0. The summed E-state index contributed by atoms with van der Waals surface area (Å²) in [7, 11) is 0. The highest BCUT2D eigenvalue weighted by Gasteiger charge is 2.27. The standard InChI is InChI=1S/C16H23NO3S/c1-5-10(2)14(16(19)20)17-15(18)12(4)21-13-9-7-6-8-11(13)3/h6-10,12,14H,5H2,1-4H3,(H,17,18)(H,19,20). The van der Waals surface area contributed by atoms with Crippen LogP contribution in [0.25, 0.3) is 0 Å². The van der Waals surface area contributed by atoms with Gasteiger partial charge in [-0.25, -0.2) is 4.79 Å². The van der Waals surface area contributed by atoms with E-state index in [4.69, 9.17) is 0 Å². The second-order valence-electron chi connectivity index (χ2n) is 5.24. The van der Waals surface area contributed by atoms with Crippen molar-refractivity contribution in [3.05, 3.63) is 29.8 Å². The molecule has 0 bridgehead atoms. The second kappa shape index (κ2) is 8.08. The Kier molecular flexibility index (Phi) is 6.75. The number of carboxylic acids is 1. The summed E-state index contributed by atoms with van der Waals surface area (Å²) in [5.74, 6) is -1.32. The molecule has 4 nitrogen and oxygen atoms in total. The minimum atomic E-state index is -0.981. The van der Waals surface area contributed by atoms with Gasteiger partial charge >= 0.3 is 5.97 Å². The number of aliphatic carboxylic acids is 1. The van der Waals surface area contributed by atoms with Crippen LogP contribution in [0.5, 0.6) is 0 Å². The van der Waals surface area contributed by atoms with Gasteiger partial charge in [0.15, 0.2) is 0 Å². The molecule has 21 heavy (non-hydrogen) atoms. The lowest BCUT2D eigenvalue weighted by Crippen LogP contribution is -2.47. The first kappa shape index (κ1) is 17.6. The Morgan fingerprint density at radius 3 is 2.43 bits per heavy atom. The third kappa shape index (κ3) is 5.08. The Labute approximate surface area is 130 Å². The van der Waals surface area contributed by atoms with E-state index in [1.807, 2.05) is 45.0 Å². The fraction of sp³-hybridized carbons (Fsp3) is 0.500. The molecule has 0 aliphatic rings. The number of nitrogens with one attached hydrogen (secondary N) is 1. The van der Waals surface area contributed by atoms with Gasteiger partial charge in [-0.3, -0.25) is 4.79 Å². The van der Waals surface area contributed by atoms with Gasteiger partial charge in [-0.1, -0.05) is 38.5 Å². The molecule has 0 saturated heterocycles. The maximum atomic E-state index is 12.2. The van der Waals surface area contributed by atoms with Gasteiger partial charge in [0.1, 0.15) is 6.04 Å². The van der Waals surface area contributed by atoms with E-state index < -0.39 is 12.0 Å². The largest absolute Gasteiger partial charge is 0.480 e. The summed E-state index contributed by atoms with van der Waals surface area (Å²) in [6, 6.07) is 7.01. The molecule has 1 aromatic carbocycles. The molecule has 5 heteroatoms. The first-order chi connectivity index (χ1) is 9.86. The number of benzene rings is 1. The number of thioether (sulfide) groups is 1. The van der Waals surface area contributed by atoms with Crippen molar-refractivity contribution in [1.29, 1.82) is 0 Å². The number of carbonyl (C=O) groups is 2. The van der Waals surface area contributed by atoms with Gasteiger partial charge in [-0.2, -0.15) is 0 Å². The predicted molar refractivity (Wildman–Crippen MR) is 85.5 cm³/mol. The highest BCUT2D eigenvalue weighted by molar-refractivity contribution is 8.00. The Bertz CT molecular complexity index is 504. The van der Waals surface area contributed by atoms with Crippen molar-refractivity contribution in [2.45, 2.75) is 50.3 Å². The average Bonchev–Trinajstić information content (AvgIpc) is 2.45. The molecule has 116 valence electrons. The molecular weight excluding hydrogens is 286 g/mol. The first-order valence-corrected chi connectivity index (χ1v) is 8.00. The van der Waals surface area contributed by atoms with E-state index in [1.54, 1.807) is 6.92 Å². The summed E-state index contributed by atoms with van der Waals surface area (Å²) in [5.41, 5.74) is 1.11. The van der Waals surface area contributed by atoms with Gasteiger partial charge in [-0.05, 0) is 31.4 Å². The summed E-state index contributed by atoms with van der Waals surface area (Å²) < 4.78 is 0. The fourth-order valence-corrected chi connectivity index (χ4v) is 2.85. The van der Waals surface area contributed by atoms with Gasteiger partial charge in [0.25, 0.3) is 0 Å². The van der Waals surface area contributed by atoms with Gasteiger partial charge in [0.05, 0.1) is 5.25 Å². The second-order valence-corrected chi connectivity index (χ2v) is 6.62. The zero-order chi connectivity index (χ0) is 16.0. The van der Waals surface area contributed by atoms with E-state index in [1.165, 1.54) is 11.8 Å².